The zero-order valence-corrected chi connectivity index (χ0v) is 15.3. The second-order valence-electron chi connectivity index (χ2n) is 6.62. The van der Waals surface area contributed by atoms with Crippen LogP contribution in [0.5, 0.6) is 0 Å². The second-order valence-corrected chi connectivity index (χ2v) is 6.62. The molecule has 1 amide bonds. The fourth-order valence-electron chi connectivity index (χ4n) is 3.24. The zero-order chi connectivity index (χ0) is 19.5. The van der Waals surface area contributed by atoms with Crippen LogP contribution in [0.1, 0.15) is 30.8 Å². The van der Waals surface area contributed by atoms with Crippen LogP contribution in [0.15, 0.2) is 57.6 Å². The van der Waals surface area contributed by atoms with E-state index in [9.17, 15) is 9.59 Å². The highest BCUT2D eigenvalue weighted by molar-refractivity contribution is 5.87. The standard InChI is InChI=1S/C20H19N3O5/c1-13(14-6-3-2-4-7-14)23-11-15(10-18(23)24)20(25)27-12-17-21-22-19(28-17)16-8-5-9-26-16/h2-9,13,15H,10-12H2,1H3/t13-,15+/m0/s1. The predicted octanol–water partition coefficient (Wildman–Crippen LogP) is 2.98. The molecule has 0 bridgehead atoms. The van der Waals surface area contributed by atoms with E-state index in [2.05, 4.69) is 10.2 Å². The van der Waals surface area contributed by atoms with Crippen LogP contribution in [0.3, 0.4) is 0 Å². The van der Waals surface area contributed by atoms with Crippen molar-refractivity contribution in [3.8, 4) is 11.7 Å². The van der Waals surface area contributed by atoms with Gasteiger partial charge in [-0.1, -0.05) is 30.3 Å². The number of furan rings is 1. The summed E-state index contributed by atoms with van der Waals surface area (Å²) in [6.07, 6.45) is 1.63. The van der Waals surface area contributed by atoms with Gasteiger partial charge in [0.2, 0.25) is 5.91 Å². The van der Waals surface area contributed by atoms with Crippen molar-refractivity contribution >= 4 is 11.9 Å². The van der Waals surface area contributed by atoms with Gasteiger partial charge in [0.05, 0.1) is 18.2 Å². The molecule has 0 radical (unpaired) electrons. The molecule has 1 aliphatic rings. The second kappa shape index (κ2) is 7.67. The Balaban J connectivity index is 1.34. The van der Waals surface area contributed by atoms with Crippen molar-refractivity contribution in [1.82, 2.24) is 15.1 Å². The molecule has 4 rings (SSSR count). The first-order valence-corrected chi connectivity index (χ1v) is 8.99. The van der Waals surface area contributed by atoms with E-state index in [0.717, 1.165) is 5.56 Å². The van der Waals surface area contributed by atoms with Gasteiger partial charge in [-0.15, -0.1) is 10.2 Å². The molecule has 28 heavy (non-hydrogen) atoms. The summed E-state index contributed by atoms with van der Waals surface area (Å²) in [4.78, 5) is 26.5. The monoisotopic (exact) mass is 381 g/mol. The van der Waals surface area contributed by atoms with Gasteiger partial charge in [0, 0.05) is 13.0 Å². The lowest BCUT2D eigenvalue weighted by atomic mass is 10.1. The van der Waals surface area contributed by atoms with Crippen molar-refractivity contribution in [2.45, 2.75) is 26.0 Å². The summed E-state index contributed by atoms with van der Waals surface area (Å²) < 4.78 is 15.9. The summed E-state index contributed by atoms with van der Waals surface area (Å²) in [5.41, 5.74) is 1.03. The maximum atomic E-state index is 12.4. The van der Waals surface area contributed by atoms with Crippen LogP contribution in [0.2, 0.25) is 0 Å². The summed E-state index contributed by atoms with van der Waals surface area (Å²) >= 11 is 0. The fourth-order valence-corrected chi connectivity index (χ4v) is 3.24. The number of carbonyl (C=O) groups is 2. The quantitative estimate of drug-likeness (QED) is 0.605. The molecule has 0 unspecified atom stereocenters. The third kappa shape index (κ3) is 3.66. The summed E-state index contributed by atoms with van der Waals surface area (Å²) in [7, 11) is 0. The van der Waals surface area contributed by atoms with Crippen molar-refractivity contribution in [2.24, 2.45) is 5.92 Å². The van der Waals surface area contributed by atoms with Gasteiger partial charge in [-0.2, -0.15) is 0 Å². The molecule has 1 aromatic carbocycles. The average Bonchev–Trinajstić information content (AvgIpc) is 3.46. The molecule has 1 fully saturated rings. The molecule has 2 atom stereocenters. The molecular formula is C20H19N3O5. The first kappa shape index (κ1) is 18.0. The molecule has 3 heterocycles. The normalized spacial score (nSPS) is 17.7. The first-order valence-electron chi connectivity index (χ1n) is 8.99. The van der Waals surface area contributed by atoms with Gasteiger partial charge >= 0.3 is 5.97 Å². The molecule has 8 heteroatoms. The number of likely N-dealkylation sites (tertiary alicyclic amines) is 1. The van der Waals surface area contributed by atoms with E-state index < -0.39 is 11.9 Å². The topological polar surface area (TPSA) is 98.7 Å². The van der Waals surface area contributed by atoms with Crippen molar-refractivity contribution in [2.75, 3.05) is 6.54 Å². The molecule has 1 aliphatic heterocycles. The Hall–Kier alpha value is -3.42. The number of carbonyl (C=O) groups excluding carboxylic acids is 2. The number of hydrogen-bond acceptors (Lipinski definition) is 7. The van der Waals surface area contributed by atoms with Crippen molar-refractivity contribution in [3.05, 3.63) is 60.2 Å². The molecule has 0 spiro atoms. The minimum atomic E-state index is -0.508. The van der Waals surface area contributed by atoms with Crippen LogP contribution in [0.25, 0.3) is 11.7 Å². The van der Waals surface area contributed by atoms with Gasteiger partial charge in [0.1, 0.15) is 0 Å². The largest absolute Gasteiger partial charge is 0.459 e. The van der Waals surface area contributed by atoms with E-state index in [1.54, 1.807) is 17.0 Å². The van der Waals surface area contributed by atoms with Gasteiger partial charge in [-0.05, 0) is 24.6 Å². The SMILES string of the molecule is C[C@@H](c1ccccc1)N1C[C@H](C(=O)OCc2nnc(-c3ccco3)o2)CC1=O. The molecule has 1 saturated heterocycles. The summed E-state index contributed by atoms with van der Waals surface area (Å²) in [6.45, 7) is 2.14. The molecule has 0 N–H and O–H groups in total. The number of ether oxygens (including phenoxy) is 1. The third-order valence-corrected chi connectivity index (χ3v) is 4.78. The van der Waals surface area contributed by atoms with E-state index >= 15 is 0 Å². The lowest BCUT2D eigenvalue weighted by Crippen LogP contribution is -2.29. The highest BCUT2D eigenvalue weighted by atomic mass is 16.5. The highest BCUT2D eigenvalue weighted by Crippen LogP contribution is 2.29. The molecule has 0 saturated carbocycles. The summed E-state index contributed by atoms with van der Waals surface area (Å²) in [6, 6.07) is 13.0. The summed E-state index contributed by atoms with van der Waals surface area (Å²) in [5.74, 6) is -0.193. The lowest BCUT2D eigenvalue weighted by molar-refractivity contribution is -0.150. The van der Waals surface area contributed by atoms with Crippen LogP contribution in [-0.2, 0) is 20.9 Å². The molecular weight excluding hydrogens is 362 g/mol. The molecule has 144 valence electrons. The van der Waals surface area contributed by atoms with Crippen LogP contribution >= 0.6 is 0 Å². The van der Waals surface area contributed by atoms with E-state index in [0.29, 0.717) is 12.3 Å². The fraction of sp³-hybridized carbons (Fsp3) is 0.300. The maximum absolute atomic E-state index is 12.4. The predicted molar refractivity (Wildman–Crippen MR) is 96.5 cm³/mol. The van der Waals surface area contributed by atoms with E-state index in [4.69, 9.17) is 13.6 Å². The minimum absolute atomic E-state index is 0.0591. The number of benzene rings is 1. The van der Waals surface area contributed by atoms with Crippen molar-refractivity contribution in [3.63, 3.8) is 0 Å². The Morgan fingerprint density at radius 3 is 2.82 bits per heavy atom. The first-order chi connectivity index (χ1) is 13.6. The zero-order valence-electron chi connectivity index (χ0n) is 15.3. The number of nitrogens with zero attached hydrogens (tertiary/aromatic N) is 3. The van der Waals surface area contributed by atoms with Crippen LogP contribution in [0.4, 0.5) is 0 Å². The number of rotatable bonds is 6. The van der Waals surface area contributed by atoms with Gasteiger partial charge in [-0.3, -0.25) is 9.59 Å². The maximum Gasteiger partial charge on any atom is 0.311 e. The third-order valence-electron chi connectivity index (χ3n) is 4.78. The number of amides is 1. The van der Waals surface area contributed by atoms with Crippen molar-refractivity contribution < 1.29 is 23.2 Å². The minimum Gasteiger partial charge on any atom is -0.459 e. The Labute approximate surface area is 161 Å². The molecule has 0 aliphatic carbocycles. The smallest absolute Gasteiger partial charge is 0.311 e. The number of esters is 1. The van der Waals surface area contributed by atoms with Gasteiger partial charge in [0.25, 0.3) is 11.8 Å². The van der Waals surface area contributed by atoms with Crippen molar-refractivity contribution in [1.29, 1.82) is 0 Å². The van der Waals surface area contributed by atoms with Crippen LogP contribution in [-0.4, -0.2) is 33.5 Å². The summed E-state index contributed by atoms with van der Waals surface area (Å²) in [5, 5.41) is 7.69. The Bertz CT molecular complexity index is 951. The van der Waals surface area contributed by atoms with Crippen LogP contribution in [0, 0.1) is 5.92 Å². The Kier molecular flexibility index (Phi) is 4.92. The molecule has 8 nitrogen and oxygen atoms in total. The van der Waals surface area contributed by atoms with Gasteiger partial charge < -0.3 is 18.5 Å². The van der Waals surface area contributed by atoms with E-state index in [1.165, 1.54) is 6.26 Å². The van der Waals surface area contributed by atoms with Crippen LogP contribution < -0.4 is 0 Å². The van der Waals surface area contributed by atoms with E-state index in [1.807, 2.05) is 37.3 Å². The van der Waals surface area contributed by atoms with E-state index in [-0.39, 0.29) is 36.8 Å². The molecule has 3 aromatic rings. The van der Waals surface area contributed by atoms with Gasteiger partial charge in [0.15, 0.2) is 12.4 Å². The Morgan fingerprint density at radius 2 is 2.07 bits per heavy atom. The number of hydrogen-bond donors (Lipinski definition) is 0. The lowest BCUT2D eigenvalue weighted by Gasteiger charge is -2.25. The van der Waals surface area contributed by atoms with Gasteiger partial charge in [-0.25, -0.2) is 0 Å². The average molecular weight is 381 g/mol. The molecule has 2 aromatic heterocycles. The highest BCUT2D eigenvalue weighted by Gasteiger charge is 2.38. The number of aromatic nitrogens is 2. The Morgan fingerprint density at radius 1 is 1.25 bits per heavy atom.